The molecule has 1 aliphatic rings. The topological polar surface area (TPSA) is 164 Å². The second-order valence-electron chi connectivity index (χ2n) is 6.54. The van der Waals surface area contributed by atoms with Gasteiger partial charge in [-0.05, 0) is 12.3 Å². The Balaban J connectivity index is 1.89. The van der Waals surface area contributed by atoms with Crippen molar-refractivity contribution in [3.05, 3.63) is 6.33 Å². The minimum absolute atomic E-state index is 0.141. The van der Waals surface area contributed by atoms with Crippen molar-refractivity contribution < 1.29 is 20.1 Å². The number of nitrogens with two attached hydrogens (primary N) is 1. The van der Waals surface area contributed by atoms with Crippen LogP contribution in [0.25, 0.3) is 11.2 Å². The van der Waals surface area contributed by atoms with Crippen molar-refractivity contribution >= 4 is 29.1 Å². The number of hydrogen-bond donors (Lipinski definition) is 5. The molecule has 142 valence electrons. The van der Waals surface area contributed by atoms with Gasteiger partial charge in [0.1, 0.15) is 23.8 Å². The van der Waals surface area contributed by atoms with E-state index in [1.54, 1.807) is 6.21 Å². The molecule has 2 aromatic heterocycles. The van der Waals surface area contributed by atoms with Crippen molar-refractivity contribution in [2.24, 2.45) is 11.0 Å². The van der Waals surface area contributed by atoms with E-state index in [-0.39, 0.29) is 11.8 Å². The number of imidazole rings is 1. The van der Waals surface area contributed by atoms with Crippen LogP contribution in [0.5, 0.6) is 0 Å². The van der Waals surface area contributed by atoms with Gasteiger partial charge in [0.05, 0.1) is 12.9 Å². The van der Waals surface area contributed by atoms with E-state index < -0.39 is 31.1 Å². The molecule has 0 radical (unpaired) electrons. The minimum Gasteiger partial charge on any atom is -0.394 e. The molecule has 0 aromatic carbocycles. The van der Waals surface area contributed by atoms with Gasteiger partial charge in [-0.1, -0.05) is 13.8 Å². The third kappa shape index (κ3) is 3.46. The first kappa shape index (κ1) is 18.5. The van der Waals surface area contributed by atoms with Gasteiger partial charge in [0, 0.05) is 6.21 Å². The standard InChI is InChI=1S/C15H23N7O4/c1-7(2)3-4-18-21-15-19-12(16)9-13(20-15)22(6-17-9)14-11(25)10(24)8(5-23)26-14/h4,6-8,10-11,14,23-25H,3,5H2,1-2H3,(H3,16,19,20,21)/b18-4+/t8-,10+,11?,14-/m1/s1. The van der Waals surface area contributed by atoms with Crippen LogP contribution in [0.15, 0.2) is 11.4 Å². The number of hydrogen-bond acceptors (Lipinski definition) is 10. The van der Waals surface area contributed by atoms with Crippen LogP contribution in [-0.2, 0) is 4.74 Å². The average Bonchev–Trinajstić information content (AvgIpc) is 3.14. The number of nitrogen functional groups attached to an aromatic ring is 1. The molecule has 0 amide bonds. The Kier molecular flexibility index (Phi) is 5.32. The average molecular weight is 365 g/mol. The third-order valence-corrected chi connectivity index (χ3v) is 4.07. The molecule has 1 aliphatic heterocycles. The van der Waals surface area contributed by atoms with Crippen molar-refractivity contribution in [3.8, 4) is 0 Å². The summed E-state index contributed by atoms with van der Waals surface area (Å²) in [6.45, 7) is 3.73. The lowest BCUT2D eigenvalue weighted by atomic mass is 10.1. The Morgan fingerprint density at radius 2 is 2.15 bits per heavy atom. The third-order valence-electron chi connectivity index (χ3n) is 4.07. The van der Waals surface area contributed by atoms with E-state index in [9.17, 15) is 15.3 Å². The number of aliphatic hydroxyl groups excluding tert-OH is 3. The fourth-order valence-electron chi connectivity index (χ4n) is 2.65. The van der Waals surface area contributed by atoms with Gasteiger partial charge >= 0.3 is 0 Å². The lowest BCUT2D eigenvalue weighted by Crippen LogP contribution is -2.33. The number of nitrogens with one attached hydrogen (secondary N) is 1. The number of rotatable bonds is 6. The van der Waals surface area contributed by atoms with E-state index >= 15 is 0 Å². The number of anilines is 2. The van der Waals surface area contributed by atoms with Gasteiger partial charge in [-0.2, -0.15) is 15.1 Å². The van der Waals surface area contributed by atoms with E-state index in [0.717, 1.165) is 6.42 Å². The number of aliphatic hydroxyl groups is 3. The molecule has 4 atom stereocenters. The molecule has 1 unspecified atom stereocenters. The second-order valence-corrected chi connectivity index (χ2v) is 6.54. The molecule has 0 spiro atoms. The maximum Gasteiger partial charge on any atom is 0.247 e. The maximum absolute atomic E-state index is 10.2. The summed E-state index contributed by atoms with van der Waals surface area (Å²) < 4.78 is 6.96. The zero-order chi connectivity index (χ0) is 18.8. The van der Waals surface area contributed by atoms with Gasteiger partial charge in [-0.25, -0.2) is 10.4 Å². The molecule has 0 aliphatic carbocycles. The number of aromatic nitrogens is 4. The SMILES string of the molecule is CC(C)C/C=N/Nc1nc(N)c2ncn([C@@H]3O[C@H](CO)[C@H](O)C3O)c2n1. The first-order chi connectivity index (χ1) is 12.4. The number of fused-ring (bicyclic) bond motifs is 1. The van der Waals surface area contributed by atoms with Crippen LogP contribution in [-0.4, -0.2) is 66.0 Å². The molecule has 1 fully saturated rings. The highest BCUT2D eigenvalue weighted by molar-refractivity contribution is 5.83. The lowest BCUT2D eigenvalue weighted by Gasteiger charge is -2.16. The maximum atomic E-state index is 10.2. The number of hydrazone groups is 1. The summed E-state index contributed by atoms with van der Waals surface area (Å²) in [7, 11) is 0. The van der Waals surface area contributed by atoms with Gasteiger partial charge in [-0.3, -0.25) is 4.57 Å². The van der Waals surface area contributed by atoms with Gasteiger partial charge < -0.3 is 25.8 Å². The van der Waals surface area contributed by atoms with Crippen LogP contribution in [0.1, 0.15) is 26.5 Å². The number of ether oxygens (including phenoxy) is 1. The highest BCUT2D eigenvalue weighted by atomic mass is 16.6. The highest BCUT2D eigenvalue weighted by Gasteiger charge is 2.44. The minimum atomic E-state index is -1.25. The van der Waals surface area contributed by atoms with Gasteiger partial charge in [0.2, 0.25) is 5.95 Å². The van der Waals surface area contributed by atoms with Crippen molar-refractivity contribution in [2.45, 2.75) is 44.8 Å². The molecule has 6 N–H and O–H groups in total. The largest absolute Gasteiger partial charge is 0.394 e. The highest BCUT2D eigenvalue weighted by Crippen LogP contribution is 2.32. The van der Waals surface area contributed by atoms with E-state index in [1.807, 2.05) is 0 Å². The Morgan fingerprint density at radius 1 is 1.38 bits per heavy atom. The Bertz CT molecular complexity index is 794. The van der Waals surface area contributed by atoms with Crippen molar-refractivity contribution in [3.63, 3.8) is 0 Å². The molecule has 0 saturated carbocycles. The number of nitrogens with zero attached hydrogens (tertiary/aromatic N) is 5. The molecule has 2 aromatic rings. The predicted molar refractivity (Wildman–Crippen MR) is 94.3 cm³/mol. The zero-order valence-electron chi connectivity index (χ0n) is 14.5. The predicted octanol–water partition coefficient (Wildman–Crippen LogP) is -0.536. The fraction of sp³-hybridized carbons (Fsp3) is 0.600. The van der Waals surface area contributed by atoms with Crippen molar-refractivity contribution in [2.75, 3.05) is 17.8 Å². The van der Waals surface area contributed by atoms with E-state index in [0.29, 0.717) is 17.1 Å². The molecular formula is C15H23N7O4. The van der Waals surface area contributed by atoms with E-state index in [2.05, 4.69) is 39.3 Å². The van der Waals surface area contributed by atoms with Crippen LogP contribution in [0.4, 0.5) is 11.8 Å². The Morgan fingerprint density at radius 3 is 2.81 bits per heavy atom. The van der Waals surface area contributed by atoms with Gasteiger partial charge in [-0.15, -0.1) is 0 Å². The summed E-state index contributed by atoms with van der Waals surface area (Å²) in [6, 6.07) is 0. The van der Waals surface area contributed by atoms with Gasteiger partial charge in [0.25, 0.3) is 0 Å². The zero-order valence-corrected chi connectivity index (χ0v) is 14.5. The van der Waals surface area contributed by atoms with Crippen LogP contribution < -0.4 is 11.2 Å². The molecule has 3 rings (SSSR count). The molecule has 11 nitrogen and oxygen atoms in total. The molecule has 3 heterocycles. The van der Waals surface area contributed by atoms with Crippen molar-refractivity contribution in [1.29, 1.82) is 0 Å². The van der Waals surface area contributed by atoms with Crippen molar-refractivity contribution in [1.82, 2.24) is 19.5 Å². The lowest BCUT2D eigenvalue weighted by molar-refractivity contribution is -0.0511. The van der Waals surface area contributed by atoms with Crippen LogP contribution in [0.2, 0.25) is 0 Å². The fourth-order valence-corrected chi connectivity index (χ4v) is 2.65. The molecule has 1 saturated heterocycles. The first-order valence-corrected chi connectivity index (χ1v) is 8.32. The van der Waals surface area contributed by atoms with Crippen LogP contribution in [0, 0.1) is 5.92 Å². The Labute approximate surface area is 149 Å². The second kappa shape index (κ2) is 7.50. The summed E-state index contributed by atoms with van der Waals surface area (Å²) in [5, 5.41) is 33.4. The summed E-state index contributed by atoms with van der Waals surface area (Å²) >= 11 is 0. The molecule has 11 heteroatoms. The van der Waals surface area contributed by atoms with Crippen LogP contribution in [0.3, 0.4) is 0 Å². The molecular weight excluding hydrogens is 342 g/mol. The quantitative estimate of drug-likeness (QED) is 0.334. The smallest absolute Gasteiger partial charge is 0.247 e. The summed E-state index contributed by atoms with van der Waals surface area (Å²) in [5.41, 5.74) is 9.29. The van der Waals surface area contributed by atoms with Crippen LogP contribution >= 0.6 is 0 Å². The van der Waals surface area contributed by atoms with E-state index in [1.165, 1.54) is 10.9 Å². The van der Waals surface area contributed by atoms with Gasteiger partial charge in [0.15, 0.2) is 17.7 Å². The monoisotopic (exact) mass is 365 g/mol. The summed E-state index contributed by atoms with van der Waals surface area (Å²) in [5.74, 6) is 0.785. The summed E-state index contributed by atoms with van der Waals surface area (Å²) in [6.07, 6.45) is -0.421. The Hall–Kier alpha value is -2.34. The first-order valence-electron chi connectivity index (χ1n) is 8.32. The van der Waals surface area contributed by atoms with E-state index in [4.69, 9.17) is 10.5 Å². The molecule has 26 heavy (non-hydrogen) atoms. The normalized spacial score (nSPS) is 26.4. The molecule has 0 bridgehead atoms. The summed E-state index contributed by atoms with van der Waals surface area (Å²) in [4.78, 5) is 12.6.